The van der Waals surface area contributed by atoms with Gasteiger partial charge in [-0.05, 0) is 41.5 Å². The maximum Gasteiger partial charge on any atom is 0.416 e. The number of fused-ring (bicyclic) bond motifs is 1. The zero-order chi connectivity index (χ0) is 22.9. The number of rotatable bonds is 6. The topological polar surface area (TPSA) is 89.2 Å². The lowest BCUT2D eigenvalue weighted by atomic mass is 10.0. The normalized spacial score (nSPS) is 11.5. The Morgan fingerprint density at radius 3 is 2.53 bits per heavy atom. The molecule has 2 N–H and O–H groups in total. The molecule has 0 amide bonds. The molecule has 0 unspecified atom stereocenters. The van der Waals surface area contributed by atoms with Crippen LogP contribution in [-0.4, -0.2) is 29.4 Å². The van der Waals surface area contributed by atoms with Crippen LogP contribution in [0.15, 0.2) is 53.5 Å². The highest BCUT2D eigenvalue weighted by Gasteiger charge is 2.33. The van der Waals surface area contributed by atoms with E-state index in [-0.39, 0.29) is 29.2 Å². The molecule has 7 nitrogen and oxygen atoms in total. The van der Waals surface area contributed by atoms with Gasteiger partial charge in [0.25, 0.3) is 0 Å². The summed E-state index contributed by atoms with van der Waals surface area (Å²) in [7, 11) is 2.80. The van der Waals surface area contributed by atoms with E-state index in [1.54, 1.807) is 24.4 Å². The summed E-state index contributed by atoms with van der Waals surface area (Å²) in [4.78, 5) is 14.6. The van der Waals surface area contributed by atoms with E-state index < -0.39 is 11.7 Å². The second-order valence-electron chi connectivity index (χ2n) is 6.88. The number of hydrogen-bond donors (Lipinski definition) is 2. The summed E-state index contributed by atoms with van der Waals surface area (Å²) in [6.45, 7) is -0.348. The summed E-state index contributed by atoms with van der Waals surface area (Å²) in [6.07, 6.45) is -2.95. The molecular formula is C22H18F3N3O4. The first kappa shape index (κ1) is 21.3. The molecule has 0 saturated heterocycles. The lowest BCUT2D eigenvalue weighted by molar-refractivity contribution is -0.138. The maximum absolute atomic E-state index is 13.4. The fourth-order valence-corrected chi connectivity index (χ4v) is 3.40. The van der Waals surface area contributed by atoms with Crippen LogP contribution in [0, 0.1) is 0 Å². The monoisotopic (exact) mass is 445 g/mol. The van der Waals surface area contributed by atoms with Crippen molar-refractivity contribution in [3.8, 4) is 28.4 Å². The first-order valence-electron chi connectivity index (χ1n) is 9.42. The van der Waals surface area contributed by atoms with Crippen molar-refractivity contribution in [1.29, 1.82) is 0 Å². The van der Waals surface area contributed by atoms with Crippen molar-refractivity contribution in [2.45, 2.75) is 12.8 Å². The second kappa shape index (κ2) is 8.29. The summed E-state index contributed by atoms with van der Waals surface area (Å²) in [5.41, 5.74) is 0.564. The molecular weight excluding hydrogens is 427 g/mol. The van der Waals surface area contributed by atoms with Crippen LogP contribution in [0.4, 0.5) is 13.2 Å². The van der Waals surface area contributed by atoms with E-state index >= 15 is 0 Å². The molecule has 0 radical (unpaired) electrons. The van der Waals surface area contributed by atoms with Gasteiger partial charge < -0.3 is 19.2 Å². The first-order valence-corrected chi connectivity index (χ1v) is 9.42. The number of pyridine rings is 1. The molecule has 2 heterocycles. The van der Waals surface area contributed by atoms with Crippen molar-refractivity contribution in [2.24, 2.45) is 0 Å². The number of aromatic amines is 2. The van der Waals surface area contributed by atoms with Crippen molar-refractivity contribution < 1.29 is 27.4 Å². The van der Waals surface area contributed by atoms with Gasteiger partial charge in [-0.3, -0.25) is 9.89 Å². The van der Waals surface area contributed by atoms with E-state index in [1.807, 2.05) is 0 Å². The molecule has 2 aromatic heterocycles. The molecule has 0 aliphatic rings. The third-order valence-corrected chi connectivity index (χ3v) is 4.93. The van der Waals surface area contributed by atoms with Crippen LogP contribution in [0.3, 0.4) is 0 Å². The zero-order valence-electron chi connectivity index (χ0n) is 17.0. The number of ether oxygens (including phenoxy) is 3. The summed E-state index contributed by atoms with van der Waals surface area (Å²) in [5, 5.41) is 7.35. The van der Waals surface area contributed by atoms with Gasteiger partial charge in [-0.1, -0.05) is 6.07 Å². The molecule has 166 valence electrons. The maximum atomic E-state index is 13.4. The Morgan fingerprint density at radius 2 is 1.81 bits per heavy atom. The minimum Gasteiger partial charge on any atom is -0.497 e. The molecule has 4 rings (SSSR count). The lowest BCUT2D eigenvalue weighted by Gasteiger charge is -2.16. The van der Waals surface area contributed by atoms with Crippen LogP contribution < -0.4 is 19.8 Å². The Kier molecular flexibility index (Phi) is 5.52. The SMILES string of the molecule is COc1ccc(C(F)(F)F)c(COc2ccc(-c3cc(=O)[nH]c4[nH]ncc34)cc2OC)c1. The lowest BCUT2D eigenvalue weighted by Crippen LogP contribution is -2.11. The highest BCUT2D eigenvalue weighted by Crippen LogP contribution is 2.37. The summed E-state index contributed by atoms with van der Waals surface area (Å²) in [6, 6.07) is 9.84. The quantitative estimate of drug-likeness (QED) is 0.455. The molecule has 2 aromatic carbocycles. The molecule has 0 fully saturated rings. The minimum absolute atomic E-state index is 0.0716. The Balaban J connectivity index is 1.67. The van der Waals surface area contributed by atoms with Crippen molar-refractivity contribution in [3.05, 3.63) is 70.1 Å². The van der Waals surface area contributed by atoms with Crippen LogP contribution in [0.1, 0.15) is 11.1 Å². The number of aromatic nitrogens is 3. The molecule has 0 aliphatic carbocycles. The standard InChI is InChI=1S/C22H18F3N3O4/c1-30-14-4-5-17(22(23,24)25)13(7-14)11-32-18-6-3-12(8-19(18)31-2)15-9-20(29)27-21-16(15)10-26-28-21/h3-10H,11H2,1-2H3,(H2,26,27,28,29). The van der Waals surface area contributed by atoms with Crippen LogP contribution in [0.25, 0.3) is 22.2 Å². The van der Waals surface area contributed by atoms with Crippen LogP contribution in [0.2, 0.25) is 0 Å². The number of methoxy groups -OCH3 is 2. The zero-order valence-corrected chi connectivity index (χ0v) is 17.0. The van der Waals surface area contributed by atoms with Gasteiger partial charge in [0.05, 0.1) is 26.0 Å². The number of alkyl halides is 3. The van der Waals surface area contributed by atoms with Gasteiger partial charge in [-0.15, -0.1) is 0 Å². The largest absolute Gasteiger partial charge is 0.497 e. The minimum atomic E-state index is -4.53. The molecule has 0 spiro atoms. The molecule has 4 aromatic rings. The highest BCUT2D eigenvalue weighted by atomic mass is 19.4. The predicted octanol–water partition coefficient (Wildman–Crippen LogP) is 4.53. The molecule has 0 bridgehead atoms. The molecule has 0 aliphatic heterocycles. The van der Waals surface area contributed by atoms with Gasteiger partial charge >= 0.3 is 6.18 Å². The van der Waals surface area contributed by atoms with E-state index in [1.165, 1.54) is 32.4 Å². The van der Waals surface area contributed by atoms with Crippen LogP contribution in [-0.2, 0) is 12.8 Å². The number of hydrogen-bond acceptors (Lipinski definition) is 5. The van der Waals surface area contributed by atoms with Gasteiger partial charge in [0.15, 0.2) is 11.5 Å². The summed E-state index contributed by atoms with van der Waals surface area (Å²) in [5.74, 6) is 0.841. The average Bonchev–Trinajstić information content (AvgIpc) is 3.24. The molecule has 0 saturated carbocycles. The Bertz CT molecular complexity index is 1330. The van der Waals surface area contributed by atoms with E-state index in [4.69, 9.17) is 14.2 Å². The van der Waals surface area contributed by atoms with Crippen LogP contribution >= 0.6 is 0 Å². The van der Waals surface area contributed by atoms with Crippen molar-refractivity contribution in [1.82, 2.24) is 15.2 Å². The second-order valence-corrected chi connectivity index (χ2v) is 6.88. The van der Waals surface area contributed by atoms with E-state index in [0.717, 1.165) is 6.07 Å². The Labute approximate surface area is 179 Å². The first-order chi connectivity index (χ1) is 15.3. The number of halogens is 3. The smallest absolute Gasteiger partial charge is 0.416 e. The van der Waals surface area contributed by atoms with E-state index in [0.29, 0.717) is 27.9 Å². The highest BCUT2D eigenvalue weighted by molar-refractivity contribution is 5.92. The molecule has 0 atom stereocenters. The molecule has 32 heavy (non-hydrogen) atoms. The van der Waals surface area contributed by atoms with E-state index in [9.17, 15) is 18.0 Å². The number of H-pyrrole nitrogens is 2. The number of nitrogens with one attached hydrogen (secondary N) is 2. The van der Waals surface area contributed by atoms with Crippen molar-refractivity contribution in [2.75, 3.05) is 14.2 Å². The van der Waals surface area contributed by atoms with Gasteiger partial charge in [-0.2, -0.15) is 18.3 Å². The third-order valence-electron chi connectivity index (χ3n) is 4.93. The number of nitrogens with zero attached hydrogens (tertiary/aromatic N) is 1. The van der Waals surface area contributed by atoms with Gasteiger partial charge in [0, 0.05) is 17.0 Å². The third kappa shape index (κ3) is 4.11. The van der Waals surface area contributed by atoms with Crippen molar-refractivity contribution in [3.63, 3.8) is 0 Å². The fraction of sp³-hybridized carbons (Fsp3) is 0.182. The van der Waals surface area contributed by atoms with Gasteiger partial charge in [0.2, 0.25) is 5.56 Å². The van der Waals surface area contributed by atoms with E-state index in [2.05, 4.69) is 15.2 Å². The summed E-state index contributed by atoms with van der Waals surface area (Å²) < 4.78 is 56.2. The predicted molar refractivity (Wildman–Crippen MR) is 111 cm³/mol. The molecule has 10 heteroatoms. The summed E-state index contributed by atoms with van der Waals surface area (Å²) >= 11 is 0. The Hall–Kier alpha value is -3.95. The van der Waals surface area contributed by atoms with Crippen LogP contribution in [0.5, 0.6) is 17.2 Å². The fourth-order valence-electron chi connectivity index (χ4n) is 3.40. The van der Waals surface area contributed by atoms with Gasteiger partial charge in [0.1, 0.15) is 18.0 Å². The van der Waals surface area contributed by atoms with Crippen molar-refractivity contribution >= 4 is 11.0 Å². The van der Waals surface area contributed by atoms with Gasteiger partial charge in [-0.25, -0.2) is 0 Å². The number of benzene rings is 2. The Morgan fingerprint density at radius 1 is 1.00 bits per heavy atom. The average molecular weight is 445 g/mol.